The van der Waals surface area contributed by atoms with E-state index in [4.69, 9.17) is 0 Å². The monoisotopic (exact) mass is 339 g/mol. The lowest BCUT2D eigenvalue weighted by atomic mass is 9.92. The van der Waals surface area contributed by atoms with E-state index < -0.39 is 0 Å². The van der Waals surface area contributed by atoms with Crippen LogP contribution in [0, 0.1) is 0 Å². The lowest BCUT2D eigenvalue weighted by Crippen LogP contribution is -2.48. The summed E-state index contributed by atoms with van der Waals surface area (Å²) in [7, 11) is 0. The van der Waals surface area contributed by atoms with Crippen molar-refractivity contribution in [3.63, 3.8) is 0 Å². The van der Waals surface area contributed by atoms with Crippen LogP contribution in [0.1, 0.15) is 49.7 Å². The van der Waals surface area contributed by atoms with Crippen LogP contribution < -0.4 is 10.2 Å². The van der Waals surface area contributed by atoms with Crippen LogP contribution in [0.15, 0.2) is 36.7 Å². The van der Waals surface area contributed by atoms with E-state index >= 15 is 0 Å². The molecule has 1 N–H and O–H groups in total. The van der Waals surface area contributed by atoms with Gasteiger partial charge < -0.3 is 10.2 Å². The highest BCUT2D eigenvalue weighted by molar-refractivity contribution is 5.94. The second kappa shape index (κ2) is 7.17. The fraction of sp³-hybridized carbons (Fsp3) is 0.474. The fourth-order valence-corrected chi connectivity index (χ4v) is 2.96. The van der Waals surface area contributed by atoms with E-state index in [-0.39, 0.29) is 17.4 Å². The van der Waals surface area contributed by atoms with Gasteiger partial charge in [-0.25, -0.2) is 0 Å². The highest BCUT2D eigenvalue weighted by Gasteiger charge is 2.24. The zero-order valence-corrected chi connectivity index (χ0v) is 15.1. The molecule has 1 fully saturated rings. The Bertz CT molecular complexity index is 709. The van der Waals surface area contributed by atoms with E-state index in [9.17, 15) is 4.79 Å². The number of piperidine rings is 1. The molecule has 1 atom stereocenters. The third-order valence-corrected chi connectivity index (χ3v) is 4.42. The summed E-state index contributed by atoms with van der Waals surface area (Å²) >= 11 is 0. The molecule has 6 heteroatoms. The summed E-state index contributed by atoms with van der Waals surface area (Å²) in [5.74, 6) is 0.794. The van der Waals surface area contributed by atoms with E-state index in [1.807, 2.05) is 12.1 Å². The van der Waals surface area contributed by atoms with Gasteiger partial charge in [-0.15, -0.1) is 5.10 Å². The molecule has 0 radical (unpaired) electrons. The van der Waals surface area contributed by atoms with E-state index in [1.165, 1.54) is 0 Å². The highest BCUT2D eigenvalue weighted by atomic mass is 16.1. The summed E-state index contributed by atoms with van der Waals surface area (Å²) in [5.41, 5.74) is 1.57. The molecule has 1 saturated heterocycles. The first-order valence-corrected chi connectivity index (χ1v) is 8.73. The number of carbonyl (C=O) groups excluding carboxylic acids is 1. The summed E-state index contributed by atoms with van der Waals surface area (Å²) < 4.78 is 0. The Hall–Kier alpha value is -2.50. The molecule has 6 nitrogen and oxygen atoms in total. The first kappa shape index (κ1) is 17.3. The Balaban J connectivity index is 1.64. The number of hydrogen-bond donors (Lipinski definition) is 1. The maximum Gasteiger partial charge on any atom is 0.253 e. The standard InChI is InChI=1S/C19H25N5O/c1-19(2,3)16-8-9-17(23-22-16)24-11-5-7-15(13-24)21-18(25)14-6-4-10-20-12-14/h4,6,8-10,12,15H,5,7,11,13H2,1-3H3,(H,21,25). The molecule has 3 rings (SSSR count). The van der Waals surface area contributed by atoms with Gasteiger partial charge >= 0.3 is 0 Å². The van der Waals surface area contributed by atoms with Crippen LogP contribution in [0.5, 0.6) is 0 Å². The number of nitrogens with one attached hydrogen (secondary N) is 1. The quantitative estimate of drug-likeness (QED) is 0.930. The molecule has 0 aromatic carbocycles. The zero-order valence-electron chi connectivity index (χ0n) is 15.1. The SMILES string of the molecule is CC(C)(C)c1ccc(N2CCCC(NC(=O)c3cccnc3)C2)nn1. The van der Waals surface area contributed by atoms with Crippen LogP contribution in [0.25, 0.3) is 0 Å². The Morgan fingerprint density at radius 1 is 1.24 bits per heavy atom. The lowest BCUT2D eigenvalue weighted by molar-refractivity contribution is 0.0932. The van der Waals surface area contributed by atoms with E-state index in [1.54, 1.807) is 24.5 Å². The normalized spacial score (nSPS) is 18.0. The van der Waals surface area contributed by atoms with Gasteiger partial charge in [0, 0.05) is 36.9 Å². The number of amides is 1. The van der Waals surface area contributed by atoms with Gasteiger partial charge in [-0.05, 0) is 37.1 Å². The maximum atomic E-state index is 12.3. The average Bonchev–Trinajstić information content (AvgIpc) is 2.62. The van der Waals surface area contributed by atoms with Crippen molar-refractivity contribution in [2.24, 2.45) is 0 Å². The largest absolute Gasteiger partial charge is 0.353 e. The number of aromatic nitrogens is 3. The molecule has 2 aromatic heterocycles. The maximum absolute atomic E-state index is 12.3. The van der Waals surface area contributed by atoms with Gasteiger partial charge in [-0.2, -0.15) is 5.10 Å². The van der Waals surface area contributed by atoms with Gasteiger partial charge in [-0.3, -0.25) is 9.78 Å². The molecule has 0 spiro atoms. The van der Waals surface area contributed by atoms with Gasteiger partial charge in [0.25, 0.3) is 5.91 Å². The predicted molar refractivity (Wildman–Crippen MR) is 97.7 cm³/mol. The molecule has 132 valence electrons. The first-order chi connectivity index (χ1) is 11.9. The number of rotatable bonds is 3. The fourth-order valence-electron chi connectivity index (χ4n) is 2.96. The Labute approximate surface area is 148 Å². The van der Waals surface area contributed by atoms with Crippen molar-refractivity contribution >= 4 is 11.7 Å². The molecule has 0 bridgehead atoms. The van der Waals surface area contributed by atoms with Crippen LogP contribution in [0.3, 0.4) is 0 Å². The molecular formula is C19H25N5O. The summed E-state index contributed by atoms with van der Waals surface area (Å²) in [6, 6.07) is 7.72. The summed E-state index contributed by atoms with van der Waals surface area (Å²) in [6.07, 6.45) is 5.24. The molecule has 1 unspecified atom stereocenters. The first-order valence-electron chi connectivity index (χ1n) is 8.73. The number of hydrogen-bond acceptors (Lipinski definition) is 5. The van der Waals surface area contributed by atoms with Crippen molar-refractivity contribution in [2.45, 2.75) is 45.1 Å². The summed E-state index contributed by atoms with van der Waals surface area (Å²) in [4.78, 5) is 18.5. The van der Waals surface area contributed by atoms with Crippen molar-refractivity contribution < 1.29 is 4.79 Å². The predicted octanol–water partition coefficient (Wildman–Crippen LogP) is 2.57. The number of nitrogens with zero attached hydrogens (tertiary/aromatic N) is 4. The van der Waals surface area contributed by atoms with Crippen molar-refractivity contribution in [1.82, 2.24) is 20.5 Å². The highest BCUT2D eigenvalue weighted by Crippen LogP contribution is 2.22. The molecule has 2 aromatic rings. The molecule has 25 heavy (non-hydrogen) atoms. The smallest absolute Gasteiger partial charge is 0.253 e. The molecule has 3 heterocycles. The Kier molecular flexibility index (Phi) is 4.97. The van der Waals surface area contributed by atoms with Crippen LogP contribution in [-0.4, -0.2) is 40.2 Å². The third kappa shape index (κ3) is 4.32. The van der Waals surface area contributed by atoms with Gasteiger partial charge in [-0.1, -0.05) is 20.8 Å². The van der Waals surface area contributed by atoms with Gasteiger partial charge in [0.05, 0.1) is 11.3 Å². The molecular weight excluding hydrogens is 314 g/mol. The van der Waals surface area contributed by atoms with E-state index in [2.05, 4.69) is 46.2 Å². The molecule has 0 aliphatic carbocycles. The summed E-state index contributed by atoms with van der Waals surface area (Å²) in [6.45, 7) is 8.06. The second-order valence-electron chi connectivity index (χ2n) is 7.53. The summed E-state index contributed by atoms with van der Waals surface area (Å²) in [5, 5.41) is 11.9. The molecule has 1 amide bonds. The molecule has 1 aliphatic heterocycles. The zero-order chi connectivity index (χ0) is 17.9. The molecule has 1 aliphatic rings. The topological polar surface area (TPSA) is 71.0 Å². The van der Waals surface area contributed by atoms with Crippen LogP contribution in [-0.2, 0) is 5.41 Å². The van der Waals surface area contributed by atoms with Crippen molar-refractivity contribution in [2.75, 3.05) is 18.0 Å². The van der Waals surface area contributed by atoms with Gasteiger partial charge in [0.1, 0.15) is 0 Å². The third-order valence-electron chi connectivity index (χ3n) is 4.42. The van der Waals surface area contributed by atoms with E-state index in [0.717, 1.165) is 37.4 Å². The van der Waals surface area contributed by atoms with Crippen molar-refractivity contribution in [3.8, 4) is 0 Å². The lowest BCUT2D eigenvalue weighted by Gasteiger charge is -2.33. The Morgan fingerprint density at radius 3 is 2.72 bits per heavy atom. The van der Waals surface area contributed by atoms with Crippen molar-refractivity contribution in [1.29, 1.82) is 0 Å². The number of anilines is 1. The van der Waals surface area contributed by atoms with Crippen LogP contribution >= 0.6 is 0 Å². The second-order valence-corrected chi connectivity index (χ2v) is 7.53. The van der Waals surface area contributed by atoms with Crippen molar-refractivity contribution in [3.05, 3.63) is 47.9 Å². The van der Waals surface area contributed by atoms with E-state index in [0.29, 0.717) is 5.56 Å². The minimum absolute atomic E-state index is 0.00629. The van der Waals surface area contributed by atoms with Gasteiger partial charge in [0.15, 0.2) is 5.82 Å². The van der Waals surface area contributed by atoms with Crippen LogP contribution in [0.2, 0.25) is 0 Å². The minimum atomic E-state index is -0.0749. The van der Waals surface area contributed by atoms with Crippen LogP contribution in [0.4, 0.5) is 5.82 Å². The average molecular weight is 339 g/mol. The number of carbonyl (C=O) groups is 1. The number of pyridine rings is 1. The minimum Gasteiger partial charge on any atom is -0.353 e. The Morgan fingerprint density at radius 2 is 2.08 bits per heavy atom. The molecule has 0 saturated carbocycles. The van der Waals surface area contributed by atoms with Gasteiger partial charge in [0.2, 0.25) is 0 Å².